The summed E-state index contributed by atoms with van der Waals surface area (Å²) in [5.41, 5.74) is 3.00. The van der Waals surface area contributed by atoms with E-state index in [4.69, 9.17) is 39.5 Å². The fourth-order valence-corrected chi connectivity index (χ4v) is 5.75. The number of benzene rings is 3. The van der Waals surface area contributed by atoms with Gasteiger partial charge in [0.05, 0.1) is 15.1 Å². The molecule has 0 radical (unpaired) electrons. The zero-order valence-corrected chi connectivity index (χ0v) is 23.5. The van der Waals surface area contributed by atoms with Crippen molar-refractivity contribution in [3.8, 4) is 5.75 Å². The minimum absolute atomic E-state index is 0.0859. The number of nitrogens with zero attached hydrogens (tertiary/aromatic N) is 2. The lowest BCUT2D eigenvalue weighted by Gasteiger charge is -2.32. The van der Waals surface area contributed by atoms with Crippen LogP contribution in [-0.4, -0.2) is 54.0 Å². The van der Waals surface area contributed by atoms with Crippen LogP contribution in [0.15, 0.2) is 66.7 Å². The van der Waals surface area contributed by atoms with Crippen LogP contribution >= 0.6 is 34.8 Å². The van der Waals surface area contributed by atoms with E-state index < -0.39 is 0 Å². The predicted molar refractivity (Wildman–Crippen MR) is 154 cm³/mol. The highest BCUT2D eigenvalue weighted by molar-refractivity contribution is 6.42. The van der Waals surface area contributed by atoms with Gasteiger partial charge in [0.25, 0.3) is 5.91 Å². The van der Waals surface area contributed by atoms with Gasteiger partial charge in [-0.1, -0.05) is 71.2 Å². The van der Waals surface area contributed by atoms with Gasteiger partial charge in [-0.3, -0.25) is 14.6 Å². The average molecular weight is 573 g/mol. The number of hydrogen-bond donors (Lipinski definition) is 1. The van der Waals surface area contributed by atoms with Gasteiger partial charge in [-0.15, -0.1) is 0 Å². The number of likely N-dealkylation sites (tertiary alicyclic amines) is 2. The summed E-state index contributed by atoms with van der Waals surface area (Å²) in [6.07, 6.45) is 3.07. The Kier molecular flexibility index (Phi) is 9.13. The number of carbonyl (C=O) groups is 1. The Morgan fingerprint density at radius 1 is 0.789 bits per heavy atom. The van der Waals surface area contributed by atoms with Gasteiger partial charge in [0.2, 0.25) is 0 Å². The first kappa shape index (κ1) is 27.3. The molecule has 0 unspecified atom stereocenters. The number of carbonyl (C=O) groups excluding carboxylic acids is 1. The molecule has 2 fully saturated rings. The van der Waals surface area contributed by atoms with Gasteiger partial charge in [0.15, 0.2) is 0 Å². The molecule has 2 aliphatic heterocycles. The fraction of sp³-hybridized carbons (Fsp3) is 0.367. The highest BCUT2D eigenvalue weighted by atomic mass is 35.5. The normalized spacial score (nSPS) is 19.0. The molecule has 5 nitrogen and oxygen atoms in total. The lowest BCUT2D eigenvalue weighted by molar-refractivity contribution is 0.0937. The summed E-state index contributed by atoms with van der Waals surface area (Å²) in [5.74, 6) is 0.621. The van der Waals surface area contributed by atoms with Crippen molar-refractivity contribution in [3.05, 3.63) is 98.5 Å². The molecule has 3 aromatic rings. The first-order chi connectivity index (χ1) is 18.4. The fourth-order valence-electron chi connectivity index (χ4n) is 5.20. The molecule has 2 saturated heterocycles. The molecule has 1 atom stereocenters. The quantitative estimate of drug-likeness (QED) is 0.326. The second-order valence-electron chi connectivity index (χ2n) is 10.2. The van der Waals surface area contributed by atoms with Gasteiger partial charge in [0, 0.05) is 50.9 Å². The van der Waals surface area contributed by atoms with E-state index in [2.05, 4.69) is 51.5 Å². The van der Waals surface area contributed by atoms with Crippen LogP contribution in [-0.2, 0) is 13.1 Å². The molecule has 3 aromatic carbocycles. The number of nitrogens with one attached hydrogen (secondary N) is 1. The number of amides is 1. The van der Waals surface area contributed by atoms with E-state index in [1.165, 1.54) is 5.56 Å². The molecule has 2 aliphatic rings. The molecule has 5 rings (SSSR count). The Labute approximate surface area is 239 Å². The third-order valence-corrected chi connectivity index (χ3v) is 8.30. The molecular formula is C30H32Cl3N3O2. The smallest absolute Gasteiger partial charge is 0.251 e. The Morgan fingerprint density at radius 3 is 2.26 bits per heavy atom. The van der Waals surface area contributed by atoms with Crippen LogP contribution < -0.4 is 10.1 Å². The molecule has 0 spiro atoms. The number of halogens is 3. The number of rotatable bonds is 8. The summed E-state index contributed by atoms with van der Waals surface area (Å²) in [5, 5.41) is 4.58. The maximum Gasteiger partial charge on any atom is 0.251 e. The van der Waals surface area contributed by atoms with Gasteiger partial charge in [-0.05, 0) is 60.7 Å². The van der Waals surface area contributed by atoms with Gasteiger partial charge in [0.1, 0.15) is 11.9 Å². The lowest BCUT2D eigenvalue weighted by atomic mass is 10.1. The van der Waals surface area contributed by atoms with Crippen molar-refractivity contribution in [2.75, 3.05) is 26.2 Å². The van der Waals surface area contributed by atoms with Gasteiger partial charge < -0.3 is 10.1 Å². The third kappa shape index (κ3) is 7.22. The monoisotopic (exact) mass is 571 g/mol. The van der Waals surface area contributed by atoms with E-state index in [-0.39, 0.29) is 18.1 Å². The van der Waals surface area contributed by atoms with Crippen molar-refractivity contribution < 1.29 is 9.53 Å². The standard InChI is InChI=1S/C30H32Cl3N3O2/c31-26-8-7-23(17-27(26)32)30(37)34-24-10-13-36(20-24)19-22-6-9-29(28(33)16-22)38-25-11-14-35(15-12-25)18-21-4-2-1-3-5-21/h1-9,16-17,24-25H,10-15,18-20H2,(H,34,37)/t24-/m0/s1. The van der Waals surface area contributed by atoms with Gasteiger partial charge >= 0.3 is 0 Å². The van der Waals surface area contributed by atoms with Crippen molar-refractivity contribution in [2.24, 2.45) is 0 Å². The molecule has 1 amide bonds. The number of hydrogen-bond acceptors (Lipinski definition) is 4. The first-order valence-electron chi connectivity index (χ1n) is 13.1. The first-order valence-corrected chi connectivity index (χ1v) is 14.3. The zero-order chi connectivity index (χ0) is 26.5. The Morgan fingerprint density at radius 2 is 1.53 bits per heavy atom. The summed E-state index contributed by atoms with van der Waals surface area (Å²) in [6.45, 7) is 5.49. The van der Waals surface area contributed by atoms with Crippen molar-refractivity contribution in [3.63, 3.8) is 0 Å². The molecule has 1 N–H and O–H groups in total. The molecule has 0 bridgehead atoms. The second-order valence-corrected chi connectivity index (χ2v) is 11.4. The van der Waals surface area contributed by atoms with E-state index in [9.17, 15) is 4.79 Å². The molecular weight excluding hydrogens is 541 g/mol. The minimum atomic E-state index is -0.133. The molecule has 0 saturated carbocycles. The van der Waals surface area contributed by atoms with E-state index >= 15 is 0 Å². The molecule has 8 heteroatoms. The van der Waals surface area contributed by atoms with E-state index in [0.717, 1.165) is 69.8 Å². The van der Waals surface area contributed by atoms with Crippen LogP contribution in [0.5, 0.6) is 5.75 Å². The highest BCUT2D eigenvalue weighted by Crippen LogP contribution is 2.30. The SMILES string of the molecule is O=C(N[C@H]1CCN(Cc2ccc(OC3CCN(Cc4ccccc4)CC3)c(Cl)c2)C1)c1ccc(Cl)c(Cl)c1. The summed E-state index contributed by atoms with van der Waals surface area (Å²) in [7, 11) is 0. The Hall–Kier alpha value is -2.28. The summed E-state index contributed by atoms with van der Waals surface area (Å²) in [4.78, 5) is 17.4. The second kappa shape index (κ2) is 12.7. The molecule has 38 heavy (non-hydrogen) atoms. The van der Waals surface area contributed by atoms with Crippen LogP contribution in [0.25, 0.3) is 0 Å². The van der Waals surface area contributed by atoms with Crippen LogP contribution in [0.2, 0.25) is 15.1 Å². The van der Waals surface area contributed by atoms with Crippen molar-refractivity contribution in [1.82, 2.24) is 15.1 Å². The predicted octanol–water partition coefficient (Wildman–Crippen LogP) is 6.69. The average Bonchev–Trinajstić information content (AvgIpc) is 3.35. The van der Waals surface area contributed by atoms with Crippen molar-refractivity contribution >= 4 is 40.7 Å². The van der Waals surface area contributed by atoms with Gasteiger partial charge in [-0.25, -0.2) is 0 Å². The van der Waals surface area contributed by atoms with Gasteiger partial charge in [-0.2, -0.15) is 0 Å². The van der Waals surface area contributed by atoms with Crippen molar-refractivity contribution in [2.45, 2.75) is 44.5 Å². The summed E-state index contributed by atoms with van der Waals surface area (Å²) < 4.78 is 6.29. The molecule has 0 aliphatic carbocycles. The number of ether oxygens (including phenoxy) is 1. The maximum absolute atomic E-state index is 12.6. The highest BCUT2D eigenvalue weighted by Gasteiger charge is 2.25. The third-order valence-electron chi connectivity index (χ3n) is 7.27. The maximum atomic E-state index is 12.6. The largest absolute Gasteiger partial charge is 0.489 e. The minimum Gasteiger partial charge on any atom is -0.489 e. The van der Waals surface area contributed by atoms with Crippen LogP contribution in [0.3, 0.4) is 0 Å². The van der Waals surface area contributed by atoms with Crippen LogP contribution in [0, 0.1) is 0 Å². The topological polar surface area (TPSA) is 44.8 Å². The van der Waals surface area contributed by atoms with Crippen molar-refractivity contribution in [1.29, 1.82) is 0 Å². The van der Waals surface area contributed by atoms with E-state index in [1.807, 2.05) is 12.1 Å². The summed E-state index contributed by atoms with van der Waals surface area (Å²) >= 11 is 18.6. The Bertz CT molecular complexity index is 1250. The Balaban J connectivity index is 1.07. The van der Waals surface area contributed by atoms with E-state index in [0.29, 0.717) is 20.6 Å². The molecule has 2 heterocycles. The zero-order valence-electron chi connectivity index (χ0n) is 21.2. The van der Waals surface area contributed by atoms with Crippen LogP contribution in [0.1, 0.15) is 40.7 Å². The summed E-state index contributed by atoms with van der Waals surface area (Å²) in [6, 6.07) is 21.7. The van der Waals surface area contributed by atoms with E-state index in [1.54, 1.807) is 18.2 Å². The lowest BCUT2D eigenvalue weighted by Crippen LogP contribution is -2.37. The molecule has 0 aromatic heterocycles. The molecule has 200 valence electrons. The van der Waals surface area contributed by atoms with Crippen LogP contribution in [0.4, 0.5) is 0 Å². The number of piperidine rings is 1.